The van der Waals surface area contributed by atoms with Crippen molar-refractivity contribution in [2.75, 3.05) is 5.32 Å². The van der Waals surface area contributed by atoms with Gasteiger partial charge in [0.05, 0.1) is 11.3 Å². The first-order valence-electron chi connectivity index (χ1n) is 7.02. The van der Waals surface area contributed by atoms with Crippen molar-refractivity contribution in [2.45, 2.75) is 46.5 Å². The first-order chi connectivity index (χ1) is 10.6. The van der Waals surface area contributed by atoms with E-state index in [1.807, 2.05) is 0 Å². The Morgan fingerprint density at radius 1 is 1.00 bits per heavy atom. The molecule has 0 saturated heterocycles. The molecule has 0 aliphatic carbocycles. The van der Waals surface area contributed by atoms with E-state index in [0.29, 0.717) is 11.3 Å². The molecule has 23 heavy (non-hydrogen) atoms. The molecule has 0 atom stereocenters. The van der Waals surface area contributed by atoms with E-state index in [0.717, 1.165) is 0 Å². The first-order valence-corrected chi connectivity index (χ1v) is 7.02. The summed E-state index contributed by atoms with van der Waals surface area (Å²) in [6, 6.07) is 6.49. The zero-order chi connectivity index (χ0) is 17.6. The zero-order valence-electron chi connectivity index (χ0n) is 13.8. The Kier molecular flexibility index (Phi) is 6.12. The molecular formula is C16H21NO6. The number of nitrogens with one attached hydrogen (secondary N) is 1. The number of rotatable bonds is 4. The summed E-state index contributed by atoms with van der Waals surface area (Å²) in [7, 11) is 0. The highest BCUT2D eigenvalue weighted by Crippen LogP contribution is 2.27. The molecule has 1 rings (SSSR count). The number of para-hydroxylation sites is 1. The van der Waals surface area contributed by atoms with Gasteiger partial charge < -0.3 is 14.2 Å². The van der Waals surface area contributed by atoms with E-state index in [1.54, 1.807) is 45.0 Å². The monoisotopic (exact) mass is 323 g/mol. The lowest BCUT2D eigenvalue weighted by Gasteiger charge is -2.22. The molecule has 0 bridgehead atoms. The van der Waals surface area contributed by atoms with Crippen LogP contribution >= 0.6 is 0 Å². The zero-order valence-corrected chi connectivity index (χ0v) is 13.8. The van der Waals surface area contributed by atoms with Crippen LogP contribution in [-0.4, -0.2) is 23.6 Å². The van der Waals surface area contributed by atoms with Crippen molar-refractivity contribution in [3.8, 4) is 0 Å². The Hall–Kier alpha value is -2.57. The number of hydrogen-bond donors (Lipinski definition) is 1. The van der Waals surface area contributed by atoms with Crippen LogP contribution in [-0.2, 0) is 23.8 Å². The third-order valence-electron chi connectivity index (χ3n) is 2.40. The van der Waals surface area contributed by atoms with E-state index in [9.17, 15) is 14.4 Å². The van der Waals surface area contributed by atoms with Gasteiger partial charge >= 0.3 is 18.0 Å². The standard InChI is InChI=1S/C16H21NO6/c1-10(18)21-14(22-11(2)19)12-8-6-7-9-13(12)17-15(20)23-16(3,4)5/h6-9,14H,1-5H3,(H,17,20). The highest BCUT2D eigenvalue weighted by atomic mass is 16.7. The molecule has 0 heterocycles. The second kappa shape index (κ2) is 7.62. The molecular weight excluding hydrogens is 302 g/mol. The summed E-state index contributed by atoms with van der Waals surface area (Å²) in [5, 5.41) is 2.55. The fourth-order valence-corrected chi connectivity index (χ4v) is 1.68. The highest BCUT2D eigenvalue weighted by Gasteiger charge is 2.23. The smallest absolute Gasteiger partial charge is 0.412 e. The number of ether oxygens (including phenoxy) is 3. The van der Waals surface area contributed by atoms with E-state index in [-0.39, 0.29) is 0 Å². The molecule has 1 amide bonds. The number of benzene rings is 1. The molecule has 0 unspecified atom stereocenters. The summed E-state index contributed by atoms with van der Waals surface area (Å²) in [6.45, 7) is 7.60. The Morgan fingerprint density at radius 2 is 1.52 bits per heavy atom. The van der Waals surface area contributed by atoms with Gasteiger partial charge in [0, 0.05) is 13.8 Å². The van der Waals surface area contributed by atoms with Crippen LogP contribution in [0.3, 0.4) is 0 Å². The van der Waals surface area contributed by atoms with Gasteiger partial charge in [0.25, 0.3) is 6.29 Å². The fourth-order valence-electron chi connectivity index (χ4n) is 1.68. The molecule has 7 nitrogen and oxygen atoms in total. The lowest BCUT2D eigenvalue weighted by Crippen LogP contribution is -2.28. The summed E-state index contributed by atoms with van der Waals surface area (Å²) in [6.07, 6.45) is -1.93. The van der Waals surface area contributed by atoms with Gasteiger partial charge in [-0.05, 0) is 32.9 Å². The normalized spacial score (nSPS) is 10.9. The second-order valence-electron chi connectivity index (χ2n) is 5.76. The summed E-state index contributed by atoms with van der Waals surface area (Å²) in [4.78, 5) is 34.3. The van der Waals surface area contributed by atoms with E-state index >= 15 is 0 Å². The minimum absolute atomic E-state index is 0.314. The number of anilines is 1. The van der Waals surface area contributed by atoms with Crippen LogP contribution < -0.4 is 5.32 Å². The number of amides is 1. The van der Waals surface area contributed by atoms with Crippen LogP contribution in [0.2, 0.25) is 0 Å². The largest absolute Gasteiger partial charge is 0.444 e. The summed E-state index contributed by atoms with van der Waals surface area (Å²) in [5.74, 6) is -1.24. The van der Waals surface area contributed by atoms with E-state index in [1.165, 1.54) is 13.8 Å². The van der Waals surface area contributed by atoms with Crippen LogP contribution in [0.4, 0.5) is 10.5 Å². The molecule has 0 radical (unpaired) electrons. The third-order valence-corrected chi connectivity index (χ3v) is 2.40. The summed E-state index contributed by atoms with van der Waals surface area (Å²) >= 11 is 0. The maximum absolute atomic E-state index is 11.9. The predicted molar refractivity (Wildman–Crippen MR) is 82.6 cm³/mol. The van der Waals surface area contributed by atoms with Gasteiger partial charge in [-0.2, -0.15) is 0 Å². The topological polar surface area (TPSA) is 90.9 Å². The van der Waals surface area contributed by atoms with Crippen molar-refractivity contribution in [3.63, 3.8) is 0 Å². The van der Waals surface area contributed by atoms with E-state index in [2.05, 4.69) is 5.32 Å². The number of hydrogen-bond acceptors (Lipinski definition) is 6. The minimum atomic E-state index is -1.25. The molecule has 0 aliphatic rings. The van der Waals surface area contributed by atoms with Gasteiger partial charge in [0.2, 0.25) is 0 Å². The minimum Gasteiger partial charge on any atom is -0.444 e. The first kappa shape index (κ1) is 18.5. The molecule has 7 heteroatoms. The molecule has 0 fully saturated rings. The predicted octanol–water partition coefficient (Wildman–Crippen LogP) is 3.16. The van der Waals surface area contributed by atoms with Crippen molar-refractivity contribution < 1.29 is 28.6 Å². The maximum Gasteiger partial charge on any atom is 0.412 e. The average molecular weight is 323 g/mol. The SMILES string of the molecule is CC(=O)OC(OC(C)=O)c1ccccc1NC(=O)OC(C)(C)C. The molecule has 1 aromatic rings. The number of carbonyl (C=O) groups is 3. The van der Waals surface area contributed by atoms with Crippen LogP contribution in [0.15, 0.2) is 24.3 Å². The van der Waals surface area contributed by atoms with E-state index < -0.39 is 29.9 Å². The van der Waals surface area contributed by atoms with Crippen molar-refractivity contribution in [1.29, 1.82) is 0 Å². The van der Waals surface area contributed by atoms with Gasteiger partial charge in [0.15, 0.2) is 0 Å². The van der Waals surface area contributed by atoms with Gasteiger partial charge in [-0.3, -0.25) is 14.9 Å². The quantitative estimate of drug-likeness (QED) is 0.676. The second-order valence-corrected chi connectivity index (χ2v) is 5.76. The van der Waals surface area contributed by atoms with Gasteiger partial charge in [-0.1, -0.05) is 12.1 Å². The Morgan fingerprint density at radius 3 is 2.00 bits per heavy atom. The molecule has 0 aromatic heterocycles. The molecule has 0 saturated carbocycles. The lowest BCUT2D eigenvalue weighted by molar-refractivity contribution is -0.186. The molecule has 126 valence electrons. The summed E-state index contributed by atoms with van der Waals surface area (Å²) < 4.78 is 15.2. The van der Waals surface area contributed by atoms with E-state index in [4.69, 9.17) is 14.2 Å². The van der Waals surface area contributed by atoms with Crippen LogP contribution in [0.1, 0.15) is 46.5 Å². The van der Waals surface area contributed by atoms with Crippen molar-refractivity contribution in [1.82, 2.24) is 0 Å². The van der Waals surface area contributed by atoms with Crippen LogP contribution in [0.25, 0.3) is 0 Å². The Labute approximate surface area is 134 Å². The van der Waals surface area contributed by atoms with Crippen molar-refractivity contribution in [3.05, 3.63) is 29.8 Å². The Bertz CT molecular complexity index is 574. The van der Waals surface area contributed by atoms with Crippen LogP contribution in [0, 0.1) is 0 Å². The lowest BCUT2D eigenvalue weighted by atomic mass is 10.1. The third kappa shape index (κ3) is 6.82. The van der Waals surface area contributed by atoms with Crippen molar-refractivity contribution in [2.24, 2.45) is 0 Å². The maximum atomic E-state index is 11.9. The van der Waals surface area contributed by atoms with Gasteiger partial charge in [-0.15, -0.1) is 0 Å². The average Bonchev–Trinajstić information content (AvgIpc) is 2.35. The molecule has 0 spiro atoms. The number of carbonyl (C=O) groups excluding carboxylic acids is 3. The summed E-state index contributed by atoms with van der Waals surface area (Å²) in [5.41, 5.74) is -0.0255. The number of esters is 2. The molecule has 0 aliphatic heterocycles. The molecule has 1 N–H and O–H groups in total. The van der Waals surface area contributed by atoms with Crippen molar-refractivity contribution >= 4 is 23.7 Å². The van der Waals surface area contributed by atoms with Crippen LogP contribution in [0.5, 0.6) is 0 Å². The molecule has 1 aromatic carbocycles. The highest BCUT2D eigenvalue weighted by molar-refractivity contribution is 5.86. The van der Waals surface area contributed by atoms with Gasteiger partial charge in [-0.25, -0.2) is 4.79 Å². The fraction of sp³-hybridized carbons (Fsp3) is 0.438. The van der Waals surface area contributed by atoms with Gasteiger partial charge in [0.1, 0.15) is 5.60 Å². The Balaban J connectivity index is 3.03.